The van der Waals surface area contributed by atoms with Crippen LogP contribution in [0, 0.1) is 11.3 Å². The maximum Gasteiger partial charge on any atom is 0.0992 e. The van der Waals surface area contributed by atoms with E-state index in [2.05, 4.69) is 11.4 Å². The molecule has 0 radical (unpaired) electrons. The summed E-state index contributed by atoms with van der Waals surface area (Å²) >= 11 is 0. The average molecular weight is 203 g/mol. The minimum atomic E-state index is -0.206. The van der Waals surface area contributed by atoms with Gasteiger partial charge < -0.3 is 16.2 Å². The SMILES string of the molecule is N#Cc1ccc(N)c(NC2(CO)CC2)c1. The van der Waals surface area contributed by atoms with E-state index in [9.17, 15) is 0 Å². The average Bonchev–Trinajstić information content (AvgIpc) is 3.02. The molecule has 0 bridgehead atoms. The molecule has 78 valence electrons. The van der Waals surface area contributed by atoms with Gasteiger partial charge in [0, 0.05) is 0 Å². The molecule has 2 rings (SSSR count). The highest BCUT2D eigenvalue weighted by atomic mass is 16.3. The number of nitriles is 1. The van der Waals surface area contributed by atoms with Crippen LogP contribution < -0.4 is 11.1 Å². The maximum absolute atomic E-state index is 9.17. The smallest absolute Gasteiger partial charge is 0.0992 e. The van der Waals surface area contributed by atoms with Crippen LogP contribution >= 0.6 is 0 Å². The number of nitrogen functional groups attached to an aromatic ring is 1. The molecule has 1 fully saturated rings. The molecular weight excluding hydrogens is 190 g/mol. The van der Waals surface area contributed by atoms with Crippen molar-refractivity contribution in [3.05, 3.63) is 23.8 Å². The molecule has 1 aliphatic carbocycles. The van der Waals surface area contributed by atoms with E-state index >= 15 is 0 Å². The van der Waals surface area contributed by atoms with E-state index in [1.807, 2.05) is 0 Å². The molecule has 15 heavy (non-hydrogen) atoms. The molecule has 1 aliphatic rings. The number of aliphatic hydroxyl groups is 1. The van der Waals surface area contributed by atoms with Crippen molar-refractivity contribution in [2.24, 2.45) is 0 Å². The number of rotatable bonds is 3. The predicted molar refractivity (Wildman–Crippen MR) is 58.2 cm³/mol. The summed E-state index contributed by atoms with van der Waals surface area (Å²) in [6.45, 7) is 0.100. The normalized spacial score (nSPS) is 16.8. The van der Waals surface area contributed by atoms with E-state index in [-0.39, 0.29) is 12.1 Å². The lowest BCUT2D eigenvalue weighted by Crippen LogP contribution is -2.26. The monoisotopic (exact) mass is 203 g/mol. The van der Waals surface area contributed by atoms with Crippen LogP contribution in [0.15, 0.2) is 18.2 Å². The van der Waals surface area contributed by atoms with Gasteiger partial charge in [-0.3, -0.25) is 0 Å². The number of hydrogen-bond donors (Lipinski definition) is 3. The first-order valence-corrected chi connectivity index (χ1v) is 4.88. The quantitative estimate of drug-likeness (QED) is 0.642. The highest BCUT2D eigenvalue weighted by Crippen LogP contribution is 2.39. The van der Waals surface area contributed by atoms with Crippen LogP contribution in [-0.4, -0.2) is 17.3 Å². The van der Waals surface area contributed by atoms with E-state index < -0.39 is 0 Å². The Balaban J connectivity index is 2.24. The lowest BCUT2D eigenvalue weighted by Gasteiger charge is -2.17. The van der Waals surface area contributed by atoms with Crippen LogP contribution in [0.5, 0.6) is 0 Å². The summed E-state index contributed by atoms with van der Waals surface area (Å²) in [5, 5.41) is 21.1. The third kappa shape index (κ3) is 1.88. The van der Waals surface area contributed by atoms with Gasteiger partial charge in [-0.25, -0.2) is 0 Å². The summed E-state index contributed by atoms with van der Waals surface area (Å²) in [4.78, 5) is 0. The summed E-state index contributed by atoms with van der Waals surface area (Å²) in [6, 6.07) is 7.16. The molecule has 1 aromatic rings. The van der Waals surface area contributed by atoms with Crippen molar-refractivity contribution in [2.45, 2.75) is 18.4 Å². The highest BCUT2D eigenvalue weighted by molar-refractivity contribution is 5.69. The Bertz CT molecular complexity index is 418. The van der Waals surface area contributed by atoms with Gasteiger partial charge in [-0.2, -0.15) is 5.26 Å². The summed E-state index contributed by atoms with van der Waals surface area (Å²) in [5.41, 5.74) is 7.49. The second kappa shape index (κ2) is 3.44. The van der Waals surface area contributed by atoms with Gasteiger partial charge in [0.1, 0.15) is 0 Å². The van der Waals surface area contributed by atoms with Gasteiger partial charge in [0.05, 0.1) is 35.2 Å². The summed E-state index contributed by atoms with van der Waals surface area (Å²) < 4.78 is 0. The Labute approximate surface area is 88.3 Å². The van der Waals surface area contributed by atoms with Crippen molar-refractivity contribution in [3.8, 4) is 6.07 Å². The van der Waals surface area contributed by atoms with Crippen molar-refractivity contribution in [2.75, 3.05) is 17.7 Å². The van der Waals surface area contributed by atoms with E-state index in [4.69, 9.17) is 16.1 Å². The number of nitrogens with two attached hydrogens (primary N) is 1. The molecule has 0 saturated heterocycles. The van der Waals surface area contributed by atoms with Crippen LogP contribution in [0.3, 0.4) is 0 Å². The molecule has 4 nitrogen and oxygen atoms in total. The lowest BCUT2D eigenvalue weighted by molar-refractivity contribution is 0.266. The summed E-state index contributed by atoms with van der Waals surface area (Å²) in [5.74, 6) is 0. The highest BCUT2D eigenvalue weighted by Gasteiger charge is 2.42. The van der Waals surface area contributed by atoms with E-state index in [1.54, 1.807) is 18.2 Å². The number of benzene rings is 1. The molecule has 1 saturated carbocycles. The second-order valence-electron chi connectivity index (χ2n) is 3.98. The molecule has 0 heterocycles. The van der Waals surface area contributed by atoms with Gasteiger partial charge >= 0.3 is 0 Å². The molecule has 0 aliphatic heterocycles. The maximum atomic E-state index is 9.17. The number of hydrogen-bond acceptors (Lipinski definition) is 4. The largest absolute Gasteiger partial charge is 0.397 e. The topological polar surface area (TPSA) is 82.1 Å². The van der Waals surface area contributed by atoms with E-state index in [0.717, 1.165) is 18.5 Å². The van der Waals surface area contributed by atoms with Gasteiger partial charge in [-0.05, 0) is 31.0 Å². The number of aliphatic hydroxyl groups excluding tert-OH is 1. The van der Waals surface area contributed by atoms with Gasteiger partial charge in [-0.1, -0.05) is 0 Å². The van der Waals surface area contributed by atoms with Crippen molar-refractivity contribution in [1.29, 1.82) is 5.26 Å². The molecule has 4 N–H and O–H groups in total. The zero-order chi connectivity index (χ0) is 10.9. The van der Waals surface area contributed by atoms with Crippen LogP contribution in [0.2, 0.25) is 0 Å². The molecule has 0 spiro atoms. The molecule has 4 heteroatoms. The second-order valence-corrected chi connectivity index (χ2v) is 3.98. The van der Waals surface area contributed by atoms with Crippen molar-refractivity contribution in [1.82, 2.24) is 0 Å². The number of nitrogens with one attached hydrogen (secondary N) is 1. The fourth-order valence-corrected chi connectivity index (χ4v) is 1.49. The van der Waals surface area contributed by atoms with Gasteiger partial charge in [0.2, 0.25) is 0 Å². The third-order valence-electron chi connectivity index (χ3n) is 2.74. The van der Waals surface area contributed by atoms with Crippen LogP contribution in [-0.2, 0) is 0 Å². The minimum Gasteiger partial charge on any atom is -0.397 e. The first-order valence-electron chi connectivity index (χ1n) is 4.88. The van der Waals surface area contributed by atoms with Crippen molar-refractivity contribution in [3.63, 3.8) is 0 Å². The zero-order valence-electron chi connectivity index (χ0n) is 8.33. The Morgan fingerprint density at radius 3 is 2.80 bits per heavy atom. The molecule has 0 atom stereocenters. The predicted octanol–water partition coefficient (Wildman–Crippen LogP) is 1.08. The van der Waals surface area contributed by atoms with Gasteiger partial charge in [-0.15, -0.1) is 0 Å². The fraction of sp³-hybridized carbons (Fsp3) is 0.364. The van der Waals surface area contributed by atoms with Crippen LogP contribution in [0.25, 0.3) is 0 Å². The van der Waals surface area contributed by atoms with E-state index in [0.29, 0.717) is 11.3 Å². The molecule has 0 aromatic heterocycles. The number of nitrogens with zero attached hydrogens (tertiary/aromatic N) is 1. The number of anilines is 2. The lowest BCUT2D eigenvalue weighted by atomic mass is 10.1. The standard InChI is InChI=1S/C11H13N3O/c12-6-8-1-2-9(13)10(5-8)14-11(7-15)3-4-11/h1-2,5,14-15H,3-4,7,13H2. The van der Waals surface area contributed by atoms with Gasteiger partial charge in [0.25, 0.3) is 0 Å². The van der Waals surface area contributed by atoms with Gasteiger partial charge in [0.15, 0.2) is 0 Å². The van der Waals surface area contributed by atoms with Crippen molar-refractivity contribution >= 4 is 11.4 Å². The first-order chi connectivity index (χ1) is 7.19. The zero-order valence-corrected chi connectivity index (χ0v) is 8.33. The molecule has 0 unspecified atom stereocenters. The van der Waals surface area contributed by atoms with Crippen molar-refractivity contribution < 1.29 is 5.11 Å². The van der Waals surface area contributed by atoms with Crippen LogP contribution in [0.1, 0.15) is 18.4 Å². The third-order valence-corrected chi connectivity index (χ3v) is 2.74. The minimum absolute atomic E-state index is 0.100. The Hall–Kier alpha value is -1.73. The first kappa shape index (κ1) is 9.81. The molecular formula is C11H13N3O. The molecule has 0 amide bonds. The summed E-state index contributed by atoms with van der Waals surface area (Å²) in [7, 11) is 0. The summed E-state index contributed by atoms with van der Waals surface area (Å²) in [6.07, 6.45) is 1.89. The Morgan fingerprint density at radius 1 is 1.53 bits per heavy atom. The fourth-order valence-electron chi connectivity index (χ4n) is 1.49. The Morgan fingerprint density at radius 2 is 2.27 bits per heavy atom. The van der Waals surface area contributed by atoms with Crippen LogP contribution in [0.4, 0.5) is 11.4 Å². The van der Waals surface area contributed by atoms with E-state index in [1.165, 1.54) is 0 Å². The Kier molecular flexibility index (Phi) is 2.25. The molecule has 1 aromatic carbocycles.